The molecule has 34 heavy (non-hydrogen) atoms. The van der Waals surface area contributed by atoms with Gasteiger partial charge >= 0.3 is 5.97 Å². The second-order valence-electron chi connectivity index (χ2n) is 8.92. The zero-order valence-electron chi connectivity index (χ0n) is 21.7. The fourth-order valence-electron chi connectivity index (χ4n) is 4.19. The van der Waals surface area contributed by atoms with Gasteiger partial charge in [0.2, 0.25) is 11.7 Å². The quantitative estimate of drug-likeness (QED) is 0.0942. The van der Waals surface area contributed by atoms with E-state index in [0.29, 0.717) is 30.8 Å². The number of nitrogens with one attached hydrogen (secondary N) is 1. The number of ether oxygens (including phenoxy) is 1. The zero-order chi connectivity index (χ0) is 24.5. The highest BCUT2D eigenvalue weighted by molar-refractivity contribution is 5.97. The maximum Gasteiger partial charge on any atom is 0.305 e. The van der Waals surface area contributed by atoms with Crippen molar-refractivity contribution in [2.24, 2.45) is 0 Å². The van der Waals surface area contributed by atoms with E-state index in [0.717, 1.165) is 43.4 Å². The van der Waals surface area contributed by atoms with Crippen LogP contribution in [-0.4, -0.2) is 54.9 Å². The first-order valence-electron chi connectivity index (χ1n) is 12.8. The van der Waals surface area contributed by atoms with E-state index in [-0.39, 0.29) is 41.6 Å². The minimum Gasteiger partial charge on any atom is -1.00 e. The van der Waals surface area contributed by atoms with Gasteiger partial charge in [0, 0.05) is 24.6 Å². The van der Waals surface area contributed by atoms with Crippen LogP contribution in [-0.2, 0) is 14.3 Å². The number of Topliss-reactive ketones (excluding diaryl/α,β-unsaturated/α-hetero) is 1. The van der Waals surface area contributed by atoms with Crippen LogP contribution in [0.25, 0.3) is 0 Å². The second-order valence-corrected chi connectivity index (χ2v) is 8.92. The van der Waals surface area contributed by atoms with E-state index in [9.17, 15) is 14.4 Å². The van der Waals surface area contributed by atoms with Gasteiger partial charge in [-0.2, -0.15) is 0 Å². The van der Waals surface area contributed by atoms with Crippen molar-refractivity contribution >= 4 is 23.3 Å². The summed E-state index contributed by atoms with van der Waals surface area (Å²) in [4.78, 5) is 35.4. The van der Waals surface area contributed by atoms with Crippen molar-refractivity contribution in [3.63, 3.8) is 0 Å². The lowest BCUT2D eigenvalue weighted by Crippen LogP contribution is -3.00. The largest absolute Gasteiger partial charge is 1.00 e. The van der Waals surface area contributed by atoms with Crippen LogP contribution >= 0.6 is 0 Å². The molecule has 0 bridgehead atoms. The average molecular weight is 589 g/mol. The van der Waals surface area contributed by atoms with Gasteiger partial charge in [-0.05, 0) is 64.3 Å². The van der Waals surface area contributed by atoms with Gasteiger partial charge in [-0.15, -0.1) is 0 Å². The summed E-state index contributed by atoms with van der Waals surface area (Å²) < 4.78 is 5.77. The van der Waals surface area contributed by atoms with E-state index in [1.54, 1.807) is 24.3 Å². The van der Waals surface area contributed by atoms with Crippen LogP contribution in [0.5, 0.6) is 0 Å². The maximum absolute atomic E-state index is 12.9. The Hall–Kier alpha value is -1.48. The molecule has 0 saturated heterocycles. The van der Waals surface area contributed by atoms with Crippen molar-refractivity contribution in [1.29, 1.82) is 0 Å². The van der Waals surface area contributed by atoms with Crippen molar-refractivity contribution in [2.45, 2.75) is 85.5 Å². The molecule has 1 rings (SSSR count). The topological polar surface area (TPSA) is 72.5 Å². The fraction of sp³-hybridized carbons (Fsp3) is 0.667. The molecule has 0 spiro atoms. The van der Waals surface area contributed by atoms with E-state index in [4.69, 9.17) is 4.74 Å². The van der Waals surface area contributed by atoms with Crippen molar-refractivity contribution in [3.8, 4) is 0 Å². The van der Waals surface area contributed by atoms with Gasteiger partial charge in [-0.3, -0.25) is 14.4 Å². The van der Waals surface area contributed by atoms with Crippen LogP contribution in [0.4, 0.5) is 5.69 Å². The first-order chi connectivity index (χ1) is 15.9. The number of benzene rings is 1. The summed E-state index contributed by atoms with van der Waals surface area (Å²) in [5, 5.41) is 2.74. The minimum atomic E-state index is -0.115. The molecule has 0 aliphatic carbocycles. The monoisotopic (exact) mass is 588 g/mol. The van der Waals surface area contributed by atoms with E-state index in [1.807, 2.05) is 6.92 Å². The molecule has 0 fully saturated rings. The van der Waals surface area contributed by atoms with Crippen LogP contribution in [0, 0.1) is 0 Å². The van der Waals surface area contributed by atoms with Gasteiger partial charge in [-0.25, -0.2) is 0 Å². The van der Waals surface area contributed by atoms with Crippen molar-refractivity contribution in [2.75, 3.05) is 38.1 Å². The number of likely N-dealkylation sites (N-methyl/N-ethyl adjacent to an activating group) is 1. The molecule has 0 aromatic heterocycles. The van der Waals surface area contributed by atoms with Crippen LogP contribution < -0.4 is 29.3 Å². The number of nitrogens with zero attached hydrogens (tertiary/aromatic N) is 1. The summed E-state index contributed by atoms with van der Waals surface area (Å²) in [6.07, 6.45) is 9.76. The normalized spacial score (nSPS) is 10.9. The summed E-state index contributed by atoms with van der Waals surface area (Å²) in [6, 6.07) is 7.19. The number of hydrogen-bond donors (Lipinski definition) is 1. The molecule has 0 saturated carbocycles. The smallest absolute Gasteiger partial charge is 0.305 e. The lowest BCUT2D eigenvalue weighted by Gasteiger charge is -2.36. The highest BCUT2D eigenvalue weighted by Gasteiger charge is 2.27. The number of quaternary nitrogens is 1. The highest BCUT2D eigenvalue weighted by Crippen LogP contribution is 2.16. The van der Waals surface area contributed by atoms with Gasteiger partial charge in [-0.1, -0.05) is 32.1 Å². The van der Waals surface area contributed by atoms with E-state index in [2.05, 4.69) is 19.2 Å². The van der Waals surface area contributed by atoms with E-state index in [1.165, 1.54) is 39.0 Å². The number of ketones is 1. The molecule has 0 atom stereocenters. The minimum absolute atomic E-state index is 0. The number of carbonyl (C=O) groups excluding carboxylic acids is 3. The summed E-state index contributed by atoms with van der Waals surface area (Å²) >= 11 is 0. The molecule has 7 heteroatoms. The third-order valence-electron chi connectivity index (χ3n) is 6.42. The zero-order valence-corrected chi connectivity index (χ0v) is 23.8. The number of unbranched alkanes of at least 4 members (excludes halogenated alkanes) is 7. The molecular weight excluding hydrogens is 543 g/mol. The van der Waals surface area contributed by atoms with Gasteiger partial charge in [0.05, 0.1) is 26.2 Å². The van der Waals surface area contributed by atoms with Gasteiger partial charge < -0.3 is 38.5 Å². The Morgan fingerprint density at radius 3 is 1.85 bits per heavy atom. The number of esters is 1. The Morgan fingerprint density at radius 1 is 0.824 bits per heavy atom. The maximum atomic E-state index is 12.9. The molecule has 0 unspecified atom stereocenters. The molecule has 0 radical (unpaired) electrons. The molecule has 1 aromatic rings. The van der Waals surface area contributed by atoms with Gasteiger partial charge in [0.25, 0.3) is 0 Å². The fourth-order valence-corrected chi connectivity index (χ4v) is 4.19. The number of amides is 1. The number of anilines is 1. The first-order valence-corrected chi connectivity index (χ1v) is 12.8. The Morgan fingerprint density at radius 2 is 1.35 bits per heavy atom. The number of halogens is 1. The Labute approximate surface area is 223 Å². The lowest BCUT2D eigenvalue weighted by atomic mass is 10.1. The predicted molar refractivity (Wildman–Crippen MR) is 134 cm³/mol. The molecule has 194 valence electrons. The highest BCUT2D eigenvalue weighted by atomic mass is 127. The van der Waals surface area contributed by atoms with Crippen LogP contribution in [0.1, 0.15) is 95.8 Å². The Balaban J connectivity index is 0.0000109. The summed E-state index contributed by atoms with van der Waals surface area (Å²) in [6.45, 7) is 11.6. The van der Waals surface area contributed by atoms with Crippen molar-refractivity contribution in [3.05, 3.63) is 29.8 Å². The number of carbonyl (C=O) groups is 3. The SMILES string of the molecule is CCOC(=O)CCCCCCCCCC[N+](CC)(CC)CC(=O)c1ccc(NC(C)=O)cc1.[I-]. The van der Waals surface area contributed by atoms with Crippen LogP contribution in [0.15, 0.2) is 24.3 Å². The standard InChI is InChI=1S/C27H44N2O4.HI/c1-5-29(6-2,22-26(31)24-17-19-25(20-18-24)28-23(4)30)21-15-13-11-9-8-10-12-14-16-27(32)33-7-3;/h17-20H,5-16,21-22H2,1-4H3;1H. The van der Waals surface area contributed by atoms with E-state index < -0.39 is 0 Å². The summed E-state index contributed by atoms with van der Waals surface area (Å²) in [5.41, 5.74) is 1.42. The first kappa shape index (κ1) is 32.5. The predicted octanol–water partition coefficient (Wildman–Crippen LogP) is 2.76. The van der Waals surface area contributed by atoms with Gasteiger partial charge in [0.15, 0.2) is 0 Å². The van der Waals surface area contributed by atoms with Crippen molar-refractivity contribution < 1.29 is 47.6 Å². The van der Waals surface area contributed by atoms with Crippen molar-refractivity contribution in [1.82, 2.24) is 0 Å². The Kier molecular flexibility index (Phi) is 18.0. The average Bonchev–Trinajstić information content (AvgIpc) is 2.79. The Bertz CT molecular complexity index is 718. The lowest BCUT2D eigenvalue weighted by molar-refractivity contribution is -0.917. The molecule has 1 amide bonds. The molecule has 0 heterocycles. The number of hydrogen-bond acceptors (Lipinski definition) is 4. The summed E-state index contributed by atoms with van der Waals surface area (Å²) in [7, 11) is 0. The molecule has 1 aromatic carbocycles. The molecule has 0 aliphatic heterocycles. The molecule has 1 N–H and O–H groups in total. The van der Waals surface area contributed by atoms with Crippen LogP contribution in [0.3, 0.4) is 0 Å². The third kappa shape index (κ3) is 13.4. The van der Waals surface area contributed by atoms with Crippen LogP contribution in [0.2, 0.25) is 0 Å². The number of rotatable bonds is 18. The van der Waals surface area contributed by atoms with Gasteiger partial charge in [0.1, 0.15) is 6.54 Å². The second kappa shape index (κ2) is 18.8. The third-order valence-corrected chi connectivity index (χ3v) is 6.42. The molecule has 6 nitrogen and oxygen atoms in total. The molecular formula is C27H45IN2O4. The summed E-state index contributed by atoms with van der Waals surface area (Å²) in [5.74, 6) is -0.0296. The molecule has 0 aliphatic rings. The van der Waals surface area contributed by atoms with E-state index >= 15 is 0 Å².